The molecule has 0 fully saturated rings. The fourth-order valence-corrected chi connectivity index (χ4v) is 5.92. The molecule has 2 heterocycles. The fraction of sp³-hybridized carbons (Fsp3) is 0.308. The minimum Gasteiger partial charge on any atom is -0.496 e. The Morgan fingerprint density at radius 2 is 1.97 bits per heavy atom. The monoisotopic (exact) mass is 445 g/mol. The Morgan fingerprint density at radius 1 is 1.19 bits per heavy atom. The highest BCUT2D eigenvalue weighted by Gasteiger charge is 2.26. The molecule has 0 radical (unpaired) electrons. The number of hydrogen-bond donors (Lipinski definition) is 1. The molecule has 0 aliphatic heterocycles. The van der Waals surface area contributed by atoms with E-state index in [2.05, 4.69) is 41.5 Å². The Bertz CT molecular complexity index is 1300. The van der Waals surface area contributed by atoms with E-state index in [1.165, 1.54) is 16.0 Å². The van der Waals surface area contributed by atoms with Gasteiger partial charge in [0.2, 0.25) is 0 Å². The number of rotatable bonds is 6. The predicted octanol–water partition coefficient (Wildman–Crippen LogP) is 4.72. The van der Waals surface area contributed by atoms with Gasteiger partial charge in [0, 0.05) is 22.5 Å². The van der Waals surface area contributed by atoms with Crippen molar-refractivity contribution < 1.29 is 4.74 Å². The van der Waals surface area contributed by atoms with Crippen LogP contribution in [-0.2, 0) is 19.4 Å². The number of aryl methyl sites for hydroxylation is 1. The molecule has 5 nitrogen and oxygen atoms in total. The van der Waals surface area contributed by atoms with Gasteiger partial charge in [0.05, 0.1) is 25.4 Å². The quantitative estimate of drug-likeness (QED) is 0.466. The molecular weight excluding hydrogens is 418 g/mol. The normalized spacial score (nSPS) is 16.6. The van der Waals surface area contributed by atoms with Crippen molar-refractivity contribution in [2.45, 2.75) is 44.8 Å². The first-order valence-corrected chi connectivity index (χ1v) is 11.9. The lowest BCUT2D eigenvalue weighted by atomic mass is 9.92. The van der Waals surface area contributed by atoms with Crippen molar-refractivity contribution in [1.82, 2.24) is 14.9 Å². The summed E-state index contributed by atoms with van der Waals surface area (Å²) in [5.41, 5.74) is 3.52. The smallest absolute Gasteiger partial charge is 0.262 e. The van der Waals surface area contributed by atoms with Crippen LogP contribution in [0.15, 0.2) is 65.7 Å². The van der Waals surface area contributed by atoms with E-state index in [4.69, 9.17) is 4.74 Å². The van der Waals surface area contributed by atoms with Crippen LogP contribution in [0.25, 0.3) is 10.2 Å². The molecule has 1 aliphatic carbocycles. The highest BCUT2D eigenvalue weighted by molar-refractivity contribution is 7.18. The van der Waals surface area contributed by atoms with E-state index in [0.717, 1.165) is 40.8 Å². The molecule has 1 N–H and O–H groups in total. The standard InChI is InChI=1S/C26H27N3O2S/c1-17(18-8-4-3-5-9-18)28-20-12-13-21-23(14-20)32-25-24(21)26(30)29(16-27-25)15-19-10-6-7-11-22(19)31-2/h3-11,16-17,20,28H,12-15H2,1-2H3. The van der Waals surface area contributed by atoms with E-state index in [1.807, 2.05) is 30.3 Å². The van der Waals surface area contributed by atoms with Gasteiger partial charge in [0.15, 0.2) is 0 Å². The predicted molar refractivity (Wildman–Crippen MR) is 130 cm³/mol. The Hall–Kier alpha value is -2.96. The van der Waals surface area contributed by atoms with Crippen molar-refractivity contribution in [2.75, 3.05) is 7.11 Å². The summed E-state index contributed by atoms with van der Waals surface area (Å²) in [6.07, 6.45) is 4.55. The SMILES string of the molecule is COc1ccccc1Cn1cnc2sc3c(c2c1=O)CCC(NC(C)c1ccccc1)C3. The summed E-state index contributed by atoms with van der Waals surface area (Å²) >= 11 is 1.67. The largest absolute Gasteiger partial charge is 0.496 e. The minimum atomic E-state index is 0.0440. The number of ether oxygens (including phenoxy) is 1. The van der Waals surface area contributed by atoms with Crippen LogP contribution in [0.2, 0.25) is 0 Å². The van der Waals surface area contributed by atoms with Crippen molar-refractivity contribution in [2.24, 2.45) is 0 Å². The lowest BCUT2D eigenvalue weighted by molar-refractivity contribution is 0.408. The molecule has 6 heteroatoms. The number of methoxy groups -OCH3 is 1. The average molecular weight is 446 g/mol. The van der Waals surface area contributed by atoms with Gasteiger partial charge < -0.3 is 10.1 Å². The molecule has 4 aromatic rings. The van der Waals surface area contributed by atoms with Gasteiger partial charge in [-0.2, -0.15) is 0 Å². The second-order valence-corrected chi connectivity index (χ2v) is 9.50. The van der Waals surface area contributed by atoms with Crippen molar-refractivity contribution in [3.63, 3.8) is 0 Å². The van der Waals surface area contributed by atoms with Crippen LogP contribution in [0, 0.1) is 0 Å². The maximum atomic E-state index is 13.4. The second-order valence-electron chi connectivity index (χ2n) is 8.41. The molecule has 2 aromatic carbocycles. The first-order valence-electron chi connectivity index (χ1n) is 11.1. The van der Waals surface area contributed by atoms with Crippen LogP contribution < -0.4 is 15.6 Å². The average Bonchev–Trinajstić information content (AvgIpc) is 3.20. The Balaban J connectivity index is 1.40. The maximum absolute atomic E-state index is 13.4. The van der Waals surface area contributed by atoms with Gasteiger partial charge in [-0.25, -0.2) is 4.98 Å². The number of fused-ring (bicyclic) bond motifs is 3. The molecule has 0 amide bonds. The Kier molecular flexibility index (Phi) is 5.81. The van der Waals surface area contributed by atoms with Gasteiger partial charge in [-0.05, 0) is 43.4 Å². The Labute approximate surface area is 191 Å². The highest BCUT2D eigenvalue weighted by atomic mass is 32.1. The maximum Gasteiger partial charge on any atom is 0.262 e. The zero-order chi connectivity index (χ0) is 22.1. The zero-order valence-electron chi connectivity index (χ0n) is 18.4. The van der Waals surface area contributed by atoms with Crippen molar-refractivity contribution >= 4 is 21.6 Å². The van der Waals surface area contributed by atoms with Gasteiger partial charge in [-0.15, -0.1) is 11.3 Å². The van der Waals surface area contributed by atoms with Crippen molar-refractivity contribution in [1.29, 1.82) is 0 Å². The molecule has 0 spiro atoms. The van der Waals surface area contributed by atoms with Crippen molar-refractivity contribution in [3.05, 3.63) is 92.8 Å². The van der Waals surface area contributed by atoms with Gasteiger partial charge in [-0.3, -0.25) is 9.36 Å². The summed E-state index contributed by atoms with van der Waals surface area (Å²) in [5, 5.41) is 4.58. The fourth-order valence-electron chi connectivity index (χ4n) is 4.66. The molecule has 5 rings (SSSR count). The number of para-hydroxylation sites is 1. The molecule has 164 valence electrons. The number of benzene rings is 2. The number of thiophene rings is 1. The van der Waals surface area contributed by atoms with Crippen LogP contribution in [0.1, 0.15) is 41.0 Å². The van der Waals surface area contributed by atoms with Crippen LogP contribution >= 0.6 is 11.3 Å². The summed E-state index contributed by atoms with van der Waals surface area (Å²) in [4.78, 5) is 20.2. The molecule has 2 aromatic heterocycles. The molecular formula is C26H27N3O2S. The van der Waals surface area contributed by atoms with E-state index in [1.54, 1.807) is 29.3 Å². The van der Waals surface area contributed by atoms with E-state index in [9.17, 15) is 4.79 Å². The lowest BCUT2D eigenvalue weighted by Gasteiger charge is -2.27. The van der Waals surface area contributed by atoms with Gasteiger partial charge in [0.1, 0.15) is 10.6 Å². The number of nitrogens with zero attached hydrogens (tertiary/aromatic N) is 2. The van der Waals surface area contributed by atoms with Crippen molar-refractivity contribution in [3.8, 4) is 5.75 Å². The van der Waals surface area contributed by atoms with E-state index in [0.29, 0.717) is 18.6 Å². The molecule has 0 saturated carbocycles. The van der Waals surface area contributed by atoms with Crippen LogP contribution in [0.5, 0.6) is 5.75 Å². The number of hydrogen-bond acceptors (Lipinski definition) is 5. The topological polar surface area (TPSA) is 56.2 Å². The van der Waals surface area contributed by atoms with Gasteiger partial charge in [0.25, 0.3) is 5.56 Å². The van der Waals surface area contributed by atoms with Crippen LogP contribution in [0.3, 0.4) is 0 Å². The number of aromatic nitrogens is 2. The molecule has 2 unspecified atom stereocenters. The van der Waals surface area contributed by atoms with Crippen LogP contribution in [-0.4, -0.2) is 22.7 Å². The summed E-state index contributed by atoms with van der Waals surface area (Å²) in [7, 11) is 1.65. The zero-order valence-corrected chi connectivity index (χ0v) is 19.2. The highest BCUT2D eigenvalue weighted by Crippen LogP contribution is 2.34. The first kappa shape index (κ1) is 20.9. The summed E-state index contributed by atoms with van der Waals surface area (Å²) in [6.45, 7) is 2.67. The van der Waals surface area contributed by atoms with E-state index >= 15 is 0 Å². The third kappa shape index (κ3) is 3.96. The molecule has 0 saturated heterocycles. The number of nitrogens with one attached hydrogen (secondary N) is 1. The first-order chi connectivity index (χ1) is 15.6. The third-order valence-corrected chi connectivity index (χ3v) is 7.52. The van der Waals surface area contributed by atoms with Gasteiger partial charge in [-0.1, -0.05) is 48.5 Å². The molecule has 2 atom stereocenters. The summed E-state index contributed by atoms with van der Waals surface area (Å²) < 4.78 is 7.16. The Morgan fingerprint density at radius 3 is 2.78 bits per heavy atom. The second kappa shape index (κ2) is 8.88. The lowest BCUT2D eigenvalue weighted by Crippen LogP contribution is -2.36. The molecule has 0 bridgehead atoms. The minimum absolute atomic E-state index is 0.0440. The summed E-state index contributed by atoms with van der Waals surface area (Å²) in [5.74, 6) is 0.785. The van der Waals surface area contributed by atoms with E-state index < -0.39 is 0 Å². The van der Waals surface area contributed by atoms with E-state index in [-0.39, 0.29) is 5.56 Å². The molecule has 32 heavy (non-hydrogen) atoms. The van der Waals surface area contributed by atoms with Crippen LogP contribution in [0.4, 0.5) is 0 Å². The van der Waals surface area contributed by atoms with Gasteiger partial charge >= 0.3 is 0 Å². The third-order valence-electron chi connectivity index (χ3n) is 6.35. The summed E-state index contributed by atoms with van der Waals surface area (Å²) in [6, 6.07) is 19.1. The molecule has 1 aliphatic rings.